The van der Waals surface area contributed by atoms with Gasteiger partial charge in [0.1, 0.15) is 6.54 Å². The third-order valence-electron chi connectivity index (χ3n) is 3.51. The van der Waals surface area contributed by atoms with Gasteiger partial charge < -0.3 is 10.4 Å². The van der Waals surface area contributed by atoms with Crippen LogP contribution in [0.4, 0.5) is 5.69 Å². The van der Waals surface area contributed by atoms with Crippen LogP contribution in [0.1, 0.15) is 24.8 Å². The number of piperidine rings is 1. The summed E-state index contributed by atoms with van der Waals surface area (Å²) in [6.45, 7) is 2.46. The van der Waals surface area contributed by atoms with E-state index in [1.54, 1.807) is 12.1 Å². The lowest BCUT2D eigenvalue weighted by Gasteiger charge is -2.29. The molecule has 2 rings (SSSR count). The largest absolute Gasteiger partial charge is 0.480 e. The predicted molar refractivity (Wildman–Crippen MR) is 76.8 cm³/mol. The fourth-order valence-corrected chi connectivity index (χ4v) is 2.41. The maximum absolute atomic E-state index is 12.5. The molecule has 1 aliphatic heterocycles. The van der Waals surface area contributed by atoms with E-state index in [0.29, 0.717) is 5.69 Å². The Bertz CT molecular complexity index is 478. The van der Waals surface area contributed by atoms with Crippen LogP contribution in [-0.2, 0) is 9.59 Å². The first-order valence-electron chi connectivity index (χ1n) is 6.91. The Hall–Kier alpha value is -1.88. The van der Waals surface area contributed by atoms with Crippen molar-refractivity contribution in [3.8, 4) is 0 Å². The van der Waals surface area contributed by atoms with Gasteiger partial charge in [-0.1, -0.05) is 24.1 Å². The second-order valence-electron chi connectivity index (χ2n) is 5.16. The fourth-order valence-electron chi connectivity index (χ4n) is 2.41. The van der Waals surface area contributed by atoms with Crippen LogP contribution in [0.3, 0.4) is 0 Å². The van der Waals surface area contributed by atoms with Gasteiger partial charge >= 0.3 is 5.97 Å². The Kier molecular flexibility index (Phi) is 4.74. The summed E-state index contributed by atoms with van der Waals surface area (Å²) in [6, 6.07) is 7.07. The van der Waals surface area contributed by atoms with Gasteiger partial charge in [0.2, 0.25) is 5.91 Å². The maximum Gasteiger partial charge on any atom is 0.323 e. The van der Waals surface area contributed by atoms with Crippen LogP contribution in [0.25, 0.3) is 0 Å². The topological polar surface area (TPSA) is 69.6 Å². The summed E-state index contributed by atoms with van der Waals surface area (Å²) in [4.78, 5) is 24.9. The molecule has 0 aliphatic carbocycles. The number of benzene rings is 1. The Morgan fingerprint density at radius 1 is 1.30 bits per heavy atom. The Balaban J connectivity index is 2.19. The Morgan fingerprint density at radius 3 is 2.55 bits per heavy atom. The summed E-state index contributed by atoms with van der Waals surface area (Å²) in [5.74, 6) is -1.16. The summed E-state index contributed by atoms with van der Waals surface area (Å²) < 4.78 is 0. The van der Waals surface area contributed by atoms with Gasteiger partial charge in [0.25, 0.3) is 0 Å². The molecule has 1 aliphatic rings. The lowest BCUT2D eigenvalue weighted by Crippen LogP contribution is -2.50. The standard InChI is InChI=1S/C15H20N2O3/c1-11-5-7-12(8-6-11)17(10-14(18)19)15(20)13-4-2-3-9-16-13/h5-8,13,16H,2-4,9-10H2,1H3,(H,18,19)/t13-/m0/s1. The van der Waals surface area contributed by atoms with Crippen LogP contribution in [0.5, 0.6) is 0 Å². The van der Waals surface area contributed by atoms with Crippen molar-refractivity contribution in [2.24, 2.45) is 0 Å². The zero-order valence-corrected chi connectivity index (χ0v) is 11.6. The van der Waals surface area contributed by atoms with Gasteiger partial charge in [-0.05, 0) is 38.4 Å². The number of carboxylic acid groups (broad SMARTS) is 1. The van der Waals surface area contributed by atoms with Gasteiger partial charge in [-0.3, -0.25) is 14.5 Å². The maximum atomic E-state index is 12.5. The van der Waals surface area contributed by atoms with Crippen molar-refractivity contribution < 1.29 is 14.7 Å². The number of rotatable bonds is 4. The number of aryl methyl sites for hydroxylation is 1. The molecule has 1 aromatic carbocycles. The summed E-state index contributed by atoms with van der Waals surface area (Å²) in [7, 11) is 0. The molecule has 0 unspecified atom stereocenters. The van der Waals surface area contributed by atoms with E-state index in [1.165, 1.54) is 4.90 Å². The Morgan fingerprint density at radius 2 is 2.00 bits per heavy atom. The van der Waals surface area contributed by atoms with Crippen LogP contribution in [-0.4, -0.2) is 36.1 Å². The highest BCUT2D eigenvalue weighted by atomic mass is 16.4. The number of carbonyl (C=O) groups is 2. The molecule has 0 spiro atoms. The van der Waals surface area contributed by atoms with Crippen LogP contribution in [0.15, 0.2) is 24.3 Å². The minimum Gasteiger partial charge on any atom is -0.480 e. The highest BCUT2D eigenvalue weighted by Gasteiger charge is 2.27. The van der Waals surface area contributed by atoms with Crippen LogP contribution < -0.4 is 10.2 Å². The van der Waals surface area contributed by atoms with Crippen molar-refractivity contribution in [2.45, 2.75) is 32.2 Å². The average molecular weight is 276 g/mol. The molecule has 1 atom stereocenters. The van der Waals surface area contributed by atoms with Gasteiger partial charge in [0, 0.05) is 5.69 Å². The van der Waals surface area contributed by atoms with Gasteiger partial charge in [-0.15, -0.1) is 0 Å². The smallest absolute Gasteiger partial charge is 0.323 e. The summed E-state index contributed by atoms with van der Waals surface area (Å²) in [6.07, 6.45) is 2.83. The Labute approximate surface area is 118 Å². The first-order chi connectivity index (χ1) is 9.58. The molecule has 1 saturated heterocycles. The summed E-state index contributed by atoms with van der Waals surface area (Å²) >= 11 is 0. The molecule has 0 aromatic heterocycles. The molecule has 0 radical (unpaired) electrons. The number of amides is 1. The third kappa shape index (κ3) is 3.57. The lowest BCUT2D eigenvalue weighted by atomic mass is 10.0. The number of carboxylic acids is 1. The zero-order valence-electron chi connectivity index (χ0n) is 11.6. The number of anilines is 1. The number of carbonyl (C=O) groups excluding carboxylic acids is 1. The number of nitrogens with zero attached hydrogens (tertiary/aromatic N) is 1. The minimum absolute atomic E-state index is 0.157. The van der Waals surface area contributed by atoms with Gasteiger partial charge in [0.05, 0.1) is 6.04 Å². The van der Waals surface area contributed by atoms with E-state index in [4.69, 9.17) is 5.11 Å². The molecule has 1 amide bonds. The monoisotopic (exact) mass is 276 g/mol. The van der Waals surface area contributed by atoms with E-state index in [9.17, 15) is 9.59 Å². The molecule has 2 N–H and O–H groups in total. The van der Waals surface area contributed by atoms with E-state index in [0.717, 1.165) is 31.4 Å². The molecule has 1 aromatic rings. The number of hydrogen-bond donors (Lipinski definition) is 2. The van der Waals surface area contributed by atoms with Crippen molar-refractivity contribution in [1.82, 2.24) is 5.32 Å². The summed E-state index contributed by atoms with van der Waals surface area (Å²) in [5.41, 5.74) is 1.71. The average Bonchev–Trinajstić information content (AvgIpc) is 2.46. The van der Waals surface area contributed by atoms with Crippen LogP contribution in [0.2, 0.25) is 0 Å². The summed E-state index contributed by atoms with van der Waals surface area (Å²) in [5, 5.41) is 12.2. The second-order valence-corrected chi connectivity index (χ2v) is 5.16. The quantitative estimate of drug-likeness (QED) is 0.875. The molecular weight excluding hydrogens is 256 g/mol. The molecule has 1 fully saturated rings. The van der Waals surface area contributed by atoms with Crippen LogP contribution >= 0.6 is 0 Å². The molecule has 20 heavy (non-hydrogen) atoms. The molecule has 5 nitrogen and oxygen atoms in total. The lowest BCUT2D eigenvalue weighted by molar-refractivity contribution is -0.137. The molecular formula is C15H20N2O3. The second kappa shape index (κ2) is 6.52. The molecule has 5 heteroatoms. The molecule has 108 valence electrons. The van der Waals surface area contributed by atoms with Gasteiger partial charge in [-0.25, -0.2) is 0 Å². The zero-order chi connectivity index (χ0) is 14.5. The third-order valence-corrected chi connectivity index (χ3v) is 3.51. The highest BCUT2D eigenvalue weighted by Crippen LogP contribution is 2.18. The van der Waals surface area contributed by atoms with Crippen molar-refractivity contribution in [1.29, 1.82) is 0 Å². The highest BCUT2D eigenvalue weighted by molar-refractivity contribution is 6.00. The van der Waals surface area contributed by atoms with E-state index in [1.807, 2.05) is 19.1 Å². The normalized spacial score (nSPS) is 18.6. The van der Waals surface area contributed by atoms with E-state index in [2.05, 4.69) is 5.32 Å². The minimum atomic E-state index is -1.00. The first-order valence-corrected chi connectivity index (χ1v) is 6.91. The SMILES string of the molecule is Cc1ccc(N(CC(=O)O)C(=O)[C@@H]2CCCCN2)cc1. The van der Waals surface area contributed by atoms with Gasteiger partial charge in [0.15, 0.2) is 0 Å². The van der Waals surface area contributed by atoms with Gasteiger partial charge in [-0.2, -0.15) is 0 Å². The van der Waals surface area contributed by atoms with E-state index in [-0.39, 0.29) is 18.5 Å². The fraction of sp³-hybridized carbons (Fsp3) is 0.467. The number of nitrogens with one attached hydrogen (secondary N) is 1. The van der Waals surface area contributed by atoms with E-state index < -0.39 is 5.97 Å². The van der Waals surface area contributed by atoms with Crippen molar-refractivity contribution >= 4 is 17.6 Å². The van der Waals surface area contributed by atoms with Crippen molar-refractivity contribution in [2.75, 3.05) is 18.0 Å². The number of aliphatic carboxylic acids is 1. The number of hydrogen-bond acceptors (Lipinski definition) is 3. The van der Waals surface area contributed by atoms with E-state index >= 15 is 0 Å². The van der Waals surface area contributed by atoms with Crippen molar-refractivity contribution in [3.05, 3.63) is 29.8 Å². The molecule has 0 bridgehead atoms. The predicted octanol–water partition coefficient (Wildman–Crippen LogP) is 1.55. The molecule has 1 heterocycles. The van der Waals surface area contributed by atoms with Crippen molar-refractivity contribution in [3.63, 3.8) is 0 Å². The molecule has 0 saturated carbocycles. The van der Waals surface area contributed by atoms with Crippen LogP contribution in [0, 0.1) is 6.92 Å². The first kappa shape index (κ1) is 14.5.